The Bertz CT molecular complexity index is 346. The molecule has 0 aliphatic heterocycles. The Balaban J connectivity index is 1.92. The van der Waals surface area contributed by atoms with Crippen molar-refractivity contribution in [1.82, 2.24) is 10.2 Å². The van der Waals surface area contributed by atoms with E-state index >= 15 is 0 Å². The van der Waals surface area contributed by atoms with Crippen LogP contribution in [0.1, 0.15) is 45.1 Å². The number of nitrogens with one attached hydrogen (secondary N) is 1. The number of hydrogen-bond acceptors (Lipinski definition) is 2. The Morgan fingerprint density at radius 3 is 2.42 bits per heavy atom. The van der Waals surface area contributed by atoms with Crippen LogP contribution in [-0.4, -0.2) is 30.1 Å². The lowest BCUT2D eigenvalue weighted by atomic mass is 9.89. The van der Waals surface area contributed by atoms with E-state index in [9.17, 15) is 0 Å². The van der Waals surface area contributed by atoms with E-state index in [1.165, 1.54) is 44.3 Å². The predicted octanol–water partition coefficient (Wildman–Crippen LogP) is 3.43. The van der Waals surface area contributed by atoms with Gasteiger partial charge in [0.2, 0.25) is 0 Å². The van der Waals surface area contributed by atoms with E-state index in [1.807, 2.05) is 0 Å². The molecular formula is C17H28N2. The molecular weight excluding hydrogens is 232 g/mol. The van der Waals surface area contributed by atoms with E-state index in [2.05, 4.69) is 54.4 Å². The molecule has 1 fully saturated rings. The molecule has 2 unspecified atom stereocenters. The lowest BCUT2D eigenvalue weighted by molar-refractivity contribution is 0.132. The zero-order valence-electron chi connectivity index (χ0n) is 12.4. The largest absolute Gasteiger partial charge is 0.308 e. The fourth-order valence-electron chi connectivity index (χ4n) is 3.32. The van der Waals surface area contributed by atoms with Gasteiger partial charge >= 0.3 is 0 Å². The summed E-state index contributed by atoms with van der Waals surface area (Å²) < 4.78 is 0. The van der Waals surface area contributed by atoms with Gasteiger partial charge < -0.3 is 5.32 Å². The van der Waals surface area contributed by atoms with Crippen molar-refractivity contribution < 1.29 is 0 Å². The molecule has 1 saturated carbocycles. The third kappa shape index (κ3) is 4.05. The van der Waals surface area contributed by atoms with Crippen molar-refractivity contribution in [2.24, 2.45) is 0 Å². The van der Waals surface area contributed by atoms with Gasteiger partial charge in [0.25, 0.3) is 0 Å². The van der Waals surface area contributed by atoms with Gasteiger partial charge in [-0.2, -0.15) is 0 Å². The van der Waals surface area contributed by atoms with Crippen molar-refractivity contribution in [3.05, 3.63) is 35.9 Å². The summed E-state index contributed by atoms with van der Waals surface area (Å²) in [6, 6.07) is 12.1. The van der Waals surface area contributed by atoms with Crippen LogP contribution >= 0.6 is 0 Å². The first kappa shape index (κ1) is 14.5. The van der Waals surface area contributed by atoms with Crippen LogP contribution in [0.25, 0.3) is 0 Å². The highest BCUT2D eigenvalue weighted by molar-refractivity contribution is 5.14. The third-order valence-electron chi connectivity index (χ3n) is 4.42. The standard InChI is InChI=1S/C17H28N2/c1-3-19(4-2)17-13-9-8-12-16(17)18-14-15-10-6-5-7-11-15/h5-7,10-11,16-18H,3-4,8-9,12-14H2,1-2H3. The quantitative estimate of drug-likeness (QED) is 0.843. The van der Waals surface area contributed by atoms with Gasteiger partial charge in [0.1, 0.15) is 0 Å². The summed E-state index contributed by atoms with van der Waals surface area (Å²) in [5.74, 6) is 0. The highest BCUT2D eigenvalue weighted by Gasteiger charge is 2.28. The van der Waals surface area contributed by atoms with Gasteiger partial charge in [-0.3, -0.25) is 4.90 Å². The van der Waals surface area contributed by atoms with E-state index in [0.717, 1.165) is 12.6 Å². The van der Waals surface area contributed by atoms with Gasteiger partial charge in [-0.15, -0.1) is 0 Å². The van der Waals surface area contributed by atoms with Crippen LogP contribution in [-0.2, 0) is 6.54 Å². The minimum absolute atomic E-state index is 0.661. The number of nitrogens with zero attached hydrogens (tertiary/aromatic N) is 1. The molecule has 0 amide bonds. The summed E-state index contributed by atoms with van der Waals surface area (Å²) in [4.78, 5) is 2.63. The van der Waals surface area contributed by atoms with Crippen LogP contribution in [0.3, 0.4) is 0 Å². The van der Waals surface area contributed by atoms with Crippen molar-refractivity contribution in [1.29, 1.82) is 0 Å². The lowest BCUT2D eigenvalue weighted by Gasteiger charge is -2.39. The van der Waals surface area contributed by atoms with Crippen LogP contribution in [0.5, 0.6) is 0 Å². The van der Waals surface area contributed by atoms with Crippen LogP contribution in [0.2, 0.25) is 0 Å². The maximum Gasteiger partial charge on any atom is 0.0249 e. The van der Waals surface area contributed by atoms with Crippen LogP contribution in [0.15, 0.2) is 30.3 Å². The van der Waals surface area contributed by atoms with Crippen molar-refractivity contribution in [3.63, 3.8) is 0 Å². The van der Waals surface area contributed by atoms with E-state index in [4.69, 9.17) is 0 Å². The minimum Gasteiger partial charge on any atom is -0.308 e. The van der Waals surface area contributed by atoms with Gasteiger partial charge in [0.05, 0.1) is 0 Å². The number of rotatable bonds is 6. The fraction of sp³-hybridized carbons (Fsp3) is 0.647. The van der Waals surface area contributed by atoms with Gasteiger partial charge in [-0.25, -0.2) is 0 Å². The molecule has 1 aliphatic carbocycles. The smallest absolute Gasteiger partial charge is 0.0249 e. The Hall–Kier alpha value is -0.860. The maximum absolute atomic E-state index is 3.80. The summed E-state index contributed by atoms with van der Waals surface area (Å²) in [5.41, 5.74) is 1.39. The highest BCUT2D eigenvalue weighted by Crippen LogP contribution is 2.23. The molecule has 0 spiro atoms. The molecule has 1 aromatic rings. The number of hydrogen-bond donors (Lipinski definition) is 1. The van der Waals surface area contributed by atoms with E-state index in [0.29, 0.717) is 6.04 Å². The van der Waals surface area contributed by atoms with Gasteiger partial charge in [0, 0.05) is 18.6 Å². The first-order valence-electron chi connectivity index (χ1n) is 7.86. The first-order valence-corrected chi connectivity index (χ1v) is 7.86. The second-order valence-electron chi connectivity index (χ2n) is 5.55. The van der Waals surface area contributed by atoms with E-state index in [-0.39, 0.29) is 0 Å². The Morgan fingerprint density at radius 2 is 1.74 bits per heavy atom. The van der Waals surface area contributed by atoms with Crippen molar-refractivity contribution in [3.8, 4) is 0 Å². The summed E-state index contributed by atoms with van der Waals surface area (Å²) in [6.45, 7) is 7.91. The van der Waals surface area contributed by atoms with Crippen LogP contribution in [0, 0.1) is 0 Å². The van der Waals surface area contributed by atoms with Crippen molar-refractivity contribution >= 4 is 0 Å². The second-order valence-corrected chi connectivity index (χ2v) is 5.55. The normalized spacial score (nSPS) is 23.7. The molecule has 0 heterocycles. The Labute approximate surface area is 118 Å². The fourth-order valence-corrected chi connectivity index (χ4v) is 3.32. The zero-order valence-corrected chi connectivity index (χ0v) is 12.4. The molecule has 2 rings (SSSR count). The highest BCUT2D eigenvalue weighted by atomic mass is 15.2. The molecule has 2 atom stereocenters. The Morgan fingerprint density at radius 1 is 1.05 bits per heavy atom. The third-order valence-corrected chi connectivity index (χ3v) is 4.42. The summed E-state index contributed by atoms with van der Waals surface area (Å²) in [5, 5.41) is 3.80. The average molecular weight is 260 g/mol. The minimum atomic E-state index is 0.661. The summed E-state index contributed by atoms with van der Waals surface area (Å²) in [7, 11) is 0. The van der Waals surface area contributed by atoms with Gasteiger partial charge in [-0.05, 0) is 31.5 Å². The summed E-state index contributed by atoms with van der Waals surface area (Å²) in [6.07, 6.45) is 5.46. The lowest BCUT2D eigenvalue weighted by Crippen LogP contribution is -2.51. The molecule has 1 aliphatic rings. The molecule has 0 bridgehead atoms. The average Bonchev–Trinajstić information content (AvgIpc) is 2.48. The molecule has 1 N–H and O–H groups in total. The topological polar surface area (TPSA) is 15.3 Å². The predicted molar refractivity (Wildman–Crippen MR) is 82.2 cm³/mol. The molecule has 0 radical (unpaired) electrons. The molecule has 19 heavy (non-hydrogen) atoms. The molecule has 106 valence electrons. The molecule has 0 aromatic heterocycles. The number of likely N-dealkylation sites (N-methyl/N-ethyl adjacent to an activating group) is 1. The van der Waals surface area contributed by atoms with Crippen LogP contribution in [0.4, 0.5) is 0 Å². The Kier molecular flexibility index (Phi) is 5.87. The molecule has 0 saturated heterocycles. The summed E-state index contributed by atoms with van der Waals surface area (Å²) >= 11 is 0. The van der Waals surface area contributed by atoms with Crippen molar-refractivity contribution in [2.75, 3.05) is 13.1 Å². The zero-order chi connectivity index (χ0) is 13.5. The van der Waals surface area contributed by atoms with Crippen LogP contribution < -0.4 is 5.32 Å². The molecule has 2 nitrogen and oxygen atoms in total. The number of benzene rings is 1. The monoisotopic (exact) mass is 260 g/mol. The SMILES string of the molecule is CCN(CC)C1CCCCC1NCc1ccccc1. The molecule has 1 aromatic carbocycles. The van der Waals surface area contributed by atoms with Crippen molar-refractivity contribution in [2.45, 2.75) is 58.2 Å². The first-order chi connectivity index (χ1) is 9.35. The van der Waals surface area contributed by atoms with Gasteiger partial charge in [0.15, 0.2) is 0 Å². The molecule has 2 heteroatoms. The van der Waals surface area contributed by atoms with Gasteiger partial charge in [-0.1, -0.05) is 57.0 Å². The van der Waals surface area contributed by atoms with E-state index in [1.54, 1.807) is 0 Å². The van der Waals surface area contributed by atoms with E-state index < -0.39 is 0 Å². The maximum atomic E-state index is 3.80. The second kappa shape index (κ2) is 7.66.